The Morgan fingerprint density at radius 2 is 2.00 bits per heavy atom. The first-order valence-electron chi connectivity index (χ1n) is 4.28. The van der Waals surface area contributed by atoms with Crippen molar-refractivity contribution in [3.8, 4) is 0 Å². The molecule has 0 aliphatic carbocycles. The molecule has 1 N–H and O–H groups in total. The Hall–Kier alpha value is -1.24. The molecule has 0 aliphatic heterocycles. The molecule has 1 rings (SSSR count). The minimum absolute atomic E-state index is 0.876. The number of rotatable bonds is 4. The molecule has 1 aromatic rings. The zero-order valence-electron chi connectivity index (χ0n) is 7.51. The van der Waals surface area contributed by atoms with Gasteiger partial charge >= 0.3 is 0 Å². The lowest BCUT2D eigenvalue weighted by Crippen LogP contribution is -2.02. The molecule has 12 heavy (non-hydrogen) atoms. The lowest BCUT2D eigenvalue weighted by molar-refractivity contribution is 1.05. The fraction of sp³-hybridized carbons (Fsp3) is 0.273. The van der Waals surface area contributed by atoms with Crippen LogP contribution >= 0.6 is 0 Å². The van der Waals surface area contributed by atoms with Crippen molar-refractivity contribution in [1.82, 2.24) is 0 Å². The number of hydrogen-bond donors (Lipinski definition) is 1. The summed E-state index contributed by atoms with van der Waals surface area (Å²) in [5.74, 6) is 0. The molecule has 0 bridgehead atoms. The Labute approximate surface area is 74.1 Å². The third kappa shape index (κ3) is 2.79. The molecule has 0 heterocycles. The fourth-order valence-electron chi connectivity index (χ4n) is 0.908. The quantitative estimate of drug-likeness (QED) is 0.669. The van der Waals surface area contributed by atoms with Gasteiger partial charge in [-0.2, -0.15) is 0 Å². The standard InChI is InChI=1S/C11H15N/c1-3-10(2)9-12-11-7-5-4-6-8-11/h4-8,12H,2-3,9H2,1H3. The van der Waals surface area contributed by atoms with Crippen molar-refractivity contribution in [2.24, 2.45) is 0 Å². The van der Waals surface area contributed by atoms with E-state index in [1.165, 1.54) is 5.57 Å². The molecule has 0 atom stereocenters. The molecule has 0 saturated heterocycles. The Morgan fingerprint density at radius 1 is 1.33 bits per heavy atom. The van der Waals surface area contributed by atoms with E-state index in [0.717, 1.165) is 18.7 Å². The molecule has 64 valence electrons. The van der Waals surface area contributed by atoms with E-state index < -0.39 is 0 Å². The van der Waals surface area contributed by atoms with Gasteiger partial charge in [-0.05, 0) is 18.6 Å². The Bertz CT molecular complexity index is 238. The second kappa shape index (κ2) is 4.60. The Balaban J connectivity index is 2.38. The van der Waals surface area contributed by atoms with Crippen LogP contribution in [-0.2, 0) is 0 Å². The minimum Gasteiger partial charge on any atom is -0.381 e. The number of nitrogens with one attached hydrogen (secondary N) is 1. The maximum atomic E-state index is 3.93. The Morgan fingerprint density at radius 3 is 2.58 bits per heavy atom. The van der Waals surface area contributed by atoms with Crippen molar-refractivity contribution >= 4 is 5.69 Å². The molecule has 0 aliphatic rings. The summed E-state index contributed by atoms with van der Waals surface area (Å²) >= 11 is 0. The van der Waals surface area contributed by atoms with Crippen LogP contribution in [0, 0.1) is 0 Å². The third-order valence-electron chi connectivity index (χ3n) is 1.82. The van der Waals surface area contributed by atoms with Crippen LogP contribution in [0.25, 0.3) is 0 Å². The van der Waals surface area contributed by atoms with Crippen LogP contribution in [0.15, 0.2) is 42.5 Å². The second-order valence-electron chi connectivity index (χ2n) is 2.82. The van der Waals surface area contributed by atoms with Gasteiger partial charge in [-0.25, -0.2) is 0 Å². The predicted octanol–water partition coefficient (Wildman–Crippen LogP) is 3.06. The highest BCUT2D eigenvalue weighted by molar-refractivity contribution is 5.43. The monoisotopic (exact) mass is 161 g/mol. The lowest BCUT2D eigenvalue weighted by atomic mass is 10.2. The van der Waals surface area contributed by atoms with E-state index in [0.29, 0.717) is 0 Å². The first-order valence-corrected chi connectivity index (χ1v) is 4.28. The molecule has 0 amide bonds. The third-order valence-corrected chi connectivity index (χ3v) is 1.82. The van der Waals surface area contributed by atoms with Gasteiger partial charge in [0, 0.05) is 12.2 Å². The maximum Gasteiger partial charge on any atom is 0.0357 e. The van der Waals surface area contributed by atoms with Crippen LogP contribution in [0.2, 0.25) is 0 Å². The van der Waals surface area contributed by atoms with E-state index in [-0.39, 0.29) is 0 Å². The van der Waals surface area contributed by atoms with Crippen molar-refractivity contribution in [1.29, 1.82) is 0 Å². The molecule has 0 aromatic heterocycles. The summed E-state index contributed by atoms with van der Waals surface area (Å²) in [6.07, 6.45) is 1.04. The fourth-order valence-corrected chi connectivity index (χ4v) is 0.908. The summed E-state index contributed by atoms with van der Waals surface area (Å²) < 4.78 is 0. The molecule has 0 fully saturated rings. The summed E-state index contributed by atoms with van der Waals surface area (Å²) in [7, 11) is 0. The average molecular weight is 161 g/mol. The van der Waals surface area contributed by atoms with Gasteiger partial charge in [-0.15, -0.1) is 0 Å². The summed E-state index contributed by atoms with van der Waals surface area (Å²) in [6.45, 7) is 6.92. The van der Waals surface area contributed by atoms with Gasteiger partial charge in [0.2, 0.25) is 0 Å². The number of para-hydroxylation sites is 1. The van der Waals surface area contributed by atoms with Crippen LogP contribution < -0.4 is 5.32 Å². The zero-order valence-corrected chi connectivity index (χ0v) is 7.51. The van der Waals surface area contributed by atoms with E-state index in [1.54, 1.807) is 0 Å². The molecule has 0 saturated carbocycles. The van der Waals surface area contributed by atoms with E-state index in [9.17, 15) is 0 Å². The average Bonchev–Trinajstić information content (AvgIpc) is 2.16. The molecule has 1 heteroatoms. The van der Waals surface area contributed by atoms with Gasteiger partial charge in [0.1, 0.15) is 0 Å². The van der Waals surface area contributed by atoms with Gasteiger partial charge < -0.3 is 5.32 Å². The summed E-state index contributed by atoms with van der Waals surface area (Å²) in [5.41, 5.74) is 2.39. The lowest BCUT2D eigenvalue weighted by Gasteiger charge is -2.06. The summed E-state index contributed by atoms with van der Waals surface area (Å²) in [6, 6.07) is 10.2. The highest BCUT2D eigenvalue weighted by Crippen LogP contribution is 2.06. The molecule has 0 unspecified atom stereocenters. The Kier molecular flexibility index (Phi) is 3.39. The molecule has 0 spiro atoms. The van der Waals surface area contributed by atoms with Crippen LogP contribution in [0.4, 0.5) is 5.69 Å². The summed E-state index contributed by atoms with van der Waals surface area (Å²) in [4.78, 5) is 0. The van der Waals surface area contributed by atoms with E-state index in [2.05, 4.69) is 31.0 Å². The van der Waals surface area contributed by atoms with Crippen LogP contribution in [0.5, 0.6) is 0 Å². The smallest absolute Gasteiger partial charge is 0.0357 e. The highest BCUT2D eigenvalue weighted by Gasteiger charge is 1.90. The van der Waals surface area contributed by atoms with Crippen molar-refractivity contribution in [3.63, 3.8) is 0 Å². The van der Waals surface area contributed by atoms with Crippen molar-refractivity contribution in [2.75, 3.05) is 11.9 Å². The van der Waals surface area contributed by atoms with Crippen molar-refractivity contribution in [2.45, 2.75) is 13.3 Å². The van der Waals surface area contributed by atoms with Gasteiger partial charge in [0.25, 0.3) is 0 Å². The topological polar surface area (TPSA) is 12.0 Å². The molecule has 1 nitrogen and oxygen atoms in total. The van der Waals surface area contributed by atoms with Gasteiger partial charge in [0.05, 0.1) is 0 Å². The summed E-state index contributed by atoms with van der Waals surface area (Å²) in [5, 5.41) is 3.30. The van der Waals surface area contributed by atoms with Crippen molar-refractivity contribution in [3.05, 3.63) is 42.5 Å². The molecule has 1 aromatic carbocycles. The van der Waals surface area contributed by atoms with Crippen LogP contribution in [-0.4, -0.2) is 6.54 Å². The minimum atomic E-state index is 0.876. The maximum absolute atomic E-state index is 3.93. The van der Waals surface area contributed by atoms with Gasteiger partial charge in [-0.1, -0.05) is 37.3 Å². The highest BCUT2D eigenvalue weighted by atomic mass is 14.9. The van der Waals surface area contributed by atoms with E-state index >= 15 is 0 Å². The first kappa shape index (κ1) is 8.85. The van der Waals surface area contributed by atoms with Gasteiger partial charge in [-0.3, -0.25) is 0 Å². The number of benzene rings is 1. The van der Waals surface area contributed by atoms with Crippen molar-refractivity contribution < 1.29 is 0 Å². The SMILES string of the molecule is C=C(CC)CNc1ccccc1. The number of hydrogen-bond acceptors (Lipinski definition) is 1. The van der Waals surface area contributed by atoms with Crippen LogP contribution in [0.3, 0.4) is 0 Å². The first-order chi connectivity index (χ1) is 5.83. The van der Waals surface area contributed by atoms with Crippen LogP contribution in [0.1, 0.15) is 13.3 Å². The second-order valence-corrected chi connectivity index (χ2v) is 2.82. The molecular formula is C11H15N. The largest absolute Gasteiger partial charge is 0.381 e. The molecule has 0 radical (unpaired) electrons. The number of anilines is 1. The van der Waals surface area contributed by atoms with Gasteiger partial charge in [0.15, 0.2) is 0 Å². The molecular weight excluding hydrogens is 146 g/mol. The van der Waals surface area contributed by atoms with E-state index in [1.807, 2.05) is 18.2 Å². The predicted molar refractivity (Wildman–Crippen MR) is 54.4 cm³/mol. The zero-order chi connectivity index (χ0) is 8.81. The normalized spacial score (nSPS) is 9.42. The van der Waals surface area contributed by atoms with E-state index in [4.69, 9.17) is 0 Å².